The van der Waals surface area contributed by atoms with Gasteiger partial charge < -0.3 is 16.0 Å². The van der Waals surface area contributed by atoms with Gasteiger partial charge in [0.1, 0.15) is 5.52 Å². The third-order valence-corrected chi connectivity index (χ3v) is 6.28. The monoisotopic (exact) mass is 407 g/mol. The van der Waals surface area contributed by atoms with Gasteiger partial charge in [-0.2, -0.15) is 0 Å². The van der Waals surface area contributed by atoms with Crippen LogP contribution in [0.4, 0.5) is 0 Å². The molecule has 3 heterocycles. The highest BCUT2D eigenvalue weighted by Gasteiger charge is 2.28. The van der Waals surface area contributed by atoms with E-state index in [1.54, 1.807) is 12.4 Å². The Kier molecular flexibility index (Phi) is 6.62. The standard InChI is InChI=1S/C17H21N5O3S2/c18-14(23)9-26-10-15(24)20-5-1-11-3-6-22(8-11)17(25)16-21-12-7-19-4-2-13(12)27-16/h2,4,7,11H,1,3,5-6,8-10H2,(H2,18,23)(H,20,24). The van der Waals surface area contributed by atoms with E-state index in [2.05, 4.69) is 15.3 Å². The number of nitrogens with one attached hydrogen (secondary N) is 1. The topological polar surface area (TPSA) is 118 Å². The van der Waals surface area contributed by atoms with Crippen LogP contribution >= 0.6 is 23.1 Å². The molecule has 3 N–H and O–H groups in total. The SMILES string of the molecule is NC(=O)CSCC(=O)NCCC1CCN(C(=O)c2nc3cnccc3s2)C1. The lowest BCUT2D eigenvalue weighted by Crippen LogP contribution is -2.30. The van der Waals surface area contributed by atoms with Crippen molar-refractivity contribution in [2.45, 2.75) is 12.8 Å². The van der Waals surface area contributed by atoms with Crippen molar-refractivity contribution < 1.29 is 14.4 Å². The molecule has 0 bridgehead atoms. The Hall–Kier alpha value is -2.20. The molecule has 1 saturated heterocycles. The van der Waals surface area contributed by atoms with Crippen molar-refractivity contribution in [3.8, 4) is 0 Å². The molecule has 0 spiro atoms. The van der Waals surface area contributed by atoms with Crippen LogP contribution in [-0.2, 0) is 9.59 Å². The van der Waals surface area contributed by atoms with Crippen LogP contribution in [-0.4, -0.2) is 63.7 Å². The third-order valence-electron chi connectivity index (χ3n) is 4.30. The van der Waals surface area contributed by atoms with Crippen molar-refractivity contribution in [3.63, 3.8) is 0 Å². The summed E-state index contributed by atoms with van der Waals surface area (Å²) in [5.41, 5.74) is 5.78. The number of nitrogens with zero attached hydrogens (tertiary/aromatic N) is 3. The maximum absolute atomic E-state index is 12.7. The molecule has 0 saturated carbocycles. The fourth-order valence-electron chi connectivity index (χ4n) is 2.97. The van der Waals surface area contributed by atoms with E-state index in [4.69, 9.17) is 5.73 Å². The lowest BCUT2D eigenvalue weighted by Gasteiger charge is -2.15. The van der Waals surface area contributed by atoms with E-state index in [9.17, 15) is 14.4 Å². The van der Waals surface area contributed by atoms with Gasteiger partial charge in [-0.1, -0.05) is 0 Å². The zero-order valence-electron chi connectivity index (χ0n) is 14.7. The number of thioether (sulfide) groups is 1. The fraction of sp³-hybridized carbons (Fsp3) is 0.471. The molecule has 1 aliphatic rings. The number of carbonyl (C=O) groups is 3. The molecule has 1 aliphatic heterocycles. The number of fused-ring (bicyclic) bond motifs is 1. The third kappa shape index (κ3) is 5.39. The van der Waals surface area contributed by atoms with E-state index in [0.29, 0.717) is 30.6 Å². The van der Waals surface area contributed by atoms with Crippen LogP contribution in [0.15, 0.2) is 18.5 Å². The molecule has 3 amide bonds. The number of aromatic nitrogens is 2. The van der Waals surface area contributed by atoms with E-state index in [-0.39, 0.29) is 23.3 Å². The molecule has 1 fully saturated rings. The average molecular weight is 408 g/mol. The summed E-state index contributed by atoms with van der Waals surface area (Å²) in [6.45, 7) is 1.95. The van der Waals surface area contributed by atoms with Gasteiger partial charge in [0.15, 0.2) is 5.01 Å². The van der Waals surface area contributed by atoms with Gasteiger partial charge in [-0.05, 0) is 24.8 Å². The molecule has 0 radical (unpaired) electrons. The first-order valence-electron chi connectivity index (χ1n) is 8.65. The van der Waals surface area contributed by atoms with Crippen molar-refractivity contribution in [2.75, 3.05) is 31.1 Å². The molecule has 0 aliphatic carbocycles. The van der Waals surface area contributed by atoms with Crippen molar-refractivity contribution in [1.29, 1.82) is 0 Å². The summed E-state index contributed by atoms with van der Waals surface area (Å²) in [4.78, 5) is 45.2. The predicted octanol–water partition coefficient (Wildman–Crippen LogP) is 0.878. The maximum Gasteiger partial charge on any atom is 0.282 e. The first-order valence-corrected chi connectivity index (χ1v) is 10.6. The Bertz CT molecular complexity index is 808. The van der Waals surface area contributed by atoms with Crippen LogP contribution < -0.4 is 11.1 Å². The van der Waals surface area contributed by atoms with Crippen LogP contribution in [0, 0.1) is 5.92 Å². The number of amides is 3. The van der Waals surface area contributed by atoms with Crippen LogP contribution in [0.3, 0.4) is 0 Å². The Balaban J connectivity index is 1.41. The van der Waals surface area contributed by atoms with Gasteiger partial charge in [-0.3, -0.25) is 19.4 Å². The van der Waals surface area contributed by atoms with Crippen LogP contribution in [0.5, 0.6) is 0 Å². The van der Waals surface area contributed by atoms with Crippen LogP contribution in [0.25, 0.3) is 10.2 Å². The molecule has 1 unspecified atom stereocenters. The summed E-state index contributed by atoms with van der Waals surface area (Å²) >= 11 is 2.60. The number of primary amides is 1. The quantitative estimate of drug-likeness (QED) is 0.671. The lowest BCUT2D eigenvalue weighted by atomic mass is 10.1. The molecule has 2 aromatic heterocycles. The summed E-state index contributed by atoms with van der Waals surface area (Å²) in [6, 6.07) is 1.86. The molecule has 8 nitrogen and oxygen atoms in total. The van der Waals surface area contributed by atoms with Gasteiger partial charge in [0.25, 0.3) is 5.91 Å². The van der Waals surface area contributed by atoms with Gasteiger partial charge in [0, 0.05) is 25.8 Å². The summed E-state index contributed by atoms with van der Waals surface area (Å²) in [6.07, 6.45) is 5.10. The molecule has 144 valence electrons. The van der Waals surface area contributed by atoms with E-state index < -0.39 is 5.91 Å². The van der Waals surface area contributed by atoms with E-state index in [1.165, 1.54) is 23.1 Å². The second-order valence-electron chi connectivity index (χ2n) is 6.37. The molecule has 0 aromatic carbocycles. The Morgan fingerprint density at radius 3 is 3.00 bits per heavy atom. The Morgan fingerprint density at radius 1 is 1.37 bits per heavy atom. The molecule has 2 aromatic rings. The highest BCUT2D eigenvalue weighted by Crippen LogP contribution is 2.25. The predicted molar refractivity (Wildman–Crippen MR) is 106 cm³/mol. The number of hydrogen-bond acceptors (Lipinski definition) is 7. The number of hydrogen-bond donors (Lipinski definition) is 2. The highest BCUT2D eigenvalue weighted by molar-refractivity contribution is 8.00. The number of thiazole rings is 1. The fourth-order valence-corrected chi connectivity index (χ4v) is 4.46. The van der Waals surface area contributed by atoms with Crippen molar-refractivity contribution in [1.82, 2.24) is 20.2 Å². The Labute approximate surface area is 164 Å². The van der Waals surface area contributed by atoms with Crippen LogP contribution in [0.2, 0.25) is 0 Å². The molecular weight excluding hydrogens is 386 g/mol. The Morgan fingerprint density at radius 2 is 2.22 bits per heavy atom. The van der Waals surface area contributed by atoms with E-state index in [1.807, 2.05) is 11.0 Å². The minimum absolute atomic E-state index is 0.0365. The number of likely N-dealkylation sites (tertiary alicyclic amines) is 1. The molecular formula is C17H21N5O3S2. The van der Waals surface area contributed by atoms with Gasteiger partial charge in [-0.15, -0.1) is 23.1 Å². The van der Waals surface area contributed by atoms with Gasteiger partial charge in [0.2, 0.25) is 11.8 Å². The molecule has 10 heteroatoms. The number of nitrogens with two attached hydrogens (primary N) is 1. The lowest BCUT2D eigenvalue weighted by molar-refractivity contribution is -0.118. The highest BCUT2D eigenvalue weighted by atomic mass is 32.2. The van der Waals surface area contributed by atoms with Gasteiger partial charge >= 0.3 is 0 Å². The molecule has 27 heavy (non-hydrogen) atoms. The smallest absolute Gasteiger partial charge is 0.282 e. The zero-order chi connectivity index (χ0) is 19.2. The molecule has 3 rings (SSSR count). The minimum Gasteiger partial charge on any atom is -0.369 e. The van der Waals surface area contributed by atoms with E-state index >= 15 is 0 Å². The van der Waals surface area contributed by atoms with Gasteiger partial charge in [0.05, 0.1) is 22.4 Å². The minimum atomic E-state index is -0.423. The zero-order valence-corrected chi connectivity index (χ0v) is 16.4. The summed E-state index contributed by atoms with van der Waals surface area (Å²) in [5.74, 6) is 0.178. The van der Waals surface area contributed by atoms with Crippen molar-refractivity contribution in [2.24, 2.45) is 11.7 Å². The van der Waals surface area contributed by atoms with Crippen molar-refractivity contribution >= 4 is 51.0 Å². The first-order chi connectivity index (χ1) is 13.0. The van der Waals surface area contributed by atoms with Crippen molar-refractivity contribution in [3.05, 3.63) is 23.5 Å². The molecule has 1 atom stereocenters. The summed E-state index contributed by atoms with van der Waals surface area (Å²) in [7, 11) is 0. The van der Waals surface area contributed by atoms with Crippen LogP contribution in [0.1, 0.15) is 22.6 Å². The number of carbonyl (C=O) groups excluding carboxylic acids is 3. The largest absolute Gasteiger partial charge is 0.369 e. The maximum atomic E-state index is 12.7. The normalized spacial score (nSPS) is 16.6. The second kappa shape index (κ2) is 9.14. The summed E-state index contributed by atoms with van der Waals surface area (Å²) in [5, 5.41) is 3.34. The number of rotatable bonds is 8. The second-order valence-corrected chi connectivity index (χ2v) is 8.38. The first kappa shape index (κ1) is 19.6. The van der Waals surface area contributed by atoms with E-state index in [0.717, 1.165) is 23.1 Å². The number of pyridine rings is 1. The summed E-state index contributed by atoms with van der Waals surface area (Å²) < 4.78 is 0.959. The average Bonchev–Trinajstić information content (AvgIpc) is 3.27. The van der Waals surface area contributed by atoms with Gasteiger partial charge in [-0.25, -0.2) is 4.98 Å².